The van der Waals surface area contributed by atoms with Crippen molar-refractivity contribution >= 4 is 16.8 Å². The van der Waals surface area contributed by atoms with Gasteiger partial charge in [-0.1, -0.05) is 0 Å². The van der Waals surface area contributed by atoms with Gasteiger partial charge in [0.05, 0.1) is 14.2 Å². The number of nitrogens with one attached hydrogen (secondary N) is 1. The third-order valence-corrected chi connectivity index (χ3v) is 2.60. The lowest BCUT2D eigenvalue weighted by molar-refractivity contribution is -0.116. The van der Waals surface area contributed by atoms with E-state index in [1.165, 1.54) is 0 Å². The molecule has 1 aromatic carbocycles. The first-order chi connectivity index (χ1) is 8.65. The van der Waals surface area contributed by atoms with Gasteiger partial charge in [0, 0.05) is 17.6 Å². The first-order valence-corrected chi connectivity index (χ1v) is 5.41. The smallest absolute Gasteiger partial charge is 0.238 e. The molecule has 0 saturated heterocycles. The minimum atomic E-state index is -0.427. The monoisotopic (exact) mass is 249 g/mol. The first-order valence-electron chi connectivity index (χ1n) is 5.41. The molecule has 6 nitrogen and oxygen atoms in total. The second-order valence-electron chi connectivity index (χ2n) is 3.75. The van der Waals surface area contributed by atoms with Crippen LogP contribution in [0.1, 0.15) is 0 Å². The summed E-state index contributed by atoms with van der Waals surface area (Å²) in [4.78, 5) is 10.8. The Hall–Kier alpha value is -2.37. The van der Waals surface area contributed by atoms with Crippen LogP contribution in [0.25, 0.3) is 10.9 Å². The molecule has 96 valence electrons. The molecule has 0 fully saturated rings. The van der Waals surface area contributed by atoms with E-state index in [2.05, 4.69) is 5.43 Å². The highest BCUT2D eigenvalue weighted by molar-refractivity contribution is 5.88. The Bertz CT molecular complexity index is 577. The number of hydrogen-bond donors (Lipinski definition) is 2. The predicted molar refractivity (Wildman–Crippen MR) is 68.5 cm³/mol. The van der Waals surface area contributed by atoms with Crippen LogP contribution in [0.15, 0.2) is 24.4 Å². The van der Waals surface area contributed by atoms with Gasteiger partial charge in [0.1, 0.15) is 23.6 Å². The van der Waals surface area contributed by atoms with E-state index >= 15 is 0 Å². The summed E-state index contributed by atoms with van der Waals surface area (Å²) in [6.45, 7) is 0.0545. The molecule has 18 heavy (non-hydrogen) atoms. The second-order valence-corrected chi connectivity index (χ2v) is 3.75. The van der Waals surface area contributed by atoms with Gasteiger partial charge in [-0.25, -0.2) is 0 Å². The largest absolute Gasteiger partial charge is 0.497 e. The summed E-state index contributed by atoms with van der Waals surface area (Å²) in [6, 6.07) is 5.57. The highest BCUT2D eigenvalue weighted by atomic mass is 16.5. The highest BCUT2D eigenvalue weighted by Gasteiger charge is 2.10. The number of rotatable bonds is 5. The van der Waals surface area contributed by atoms with E-state index in [4.69, 9.17) is 15.2 Å². The number of methoxy groups -OCH3 is 2. The fraction of sp³-hybridized carbons (Fsp3) is 0.250. The second kappa shape index (κ2) is 4.87. The van der Waals surface area contributed by atoms with Gasteiger partial charge in [0.15, 0.2) is 0 Å². The maximum Gasteiger partial charge on any atom is 0.238 e. The molecule has 0 bridgehead atoms. The SMILES string of the molecule is COc1cc(OC)c2c(ccn2NCC(N)=O)c1. The molecular formula is C12H15N3O3. The predicted octanol–water partition coefficient (Wildman–Crippen LogP) is 0.687. The van der Waals surface area contributed by atoms with Crippen molar-refractivity contribution in [3.05, 3.63) is 24.4 Å². The van der Waals surface area contributed by atoms with Gasteiger partial charge < -0.3 is 20.6 Å². The van der Waals surface area contributed by atoms with Crippen molar-refractivity contribution in [1.82, 2.24) is 4.68 Å². The molecule has 0 atom stereocenters. The van der Waals surface area contributed by atoms with Gasteiger partial charge in [0.25, 0.3) is 0 Å². The number of ether oxygens (including phenoxy) is 2. The van der Waals surface area contributed by atoms with Crippen LogP contribution in [-0.2, 0) is 4.79 Å². The van der Waals surface area contributed by atoms with Gasteiger partial charge in [-0.2, -0.15) is 0 Å². The molecule has 3 N–H and O–H groups in total. The minimum Gasteiger partial charge on any atom is -0.497 e. The summed E-state index contributed by atoms with van der Waals surface area (Å²) in [7, 11) is 3.18. The lowest BCUT2D eigenvalue weighted by Gasteiger charge is -2.11. The summed E-state index contributed by atoms with van der Waals surface area (Å²) >= 11 is 0. The summed E-state index contributed by atoms with van der Waals surface area (Å²) < 4.78 is 12.2. The Labute approximate surface area is 104 Å². The van der Waals surface area contributed by atoms with Crippen molar-refractivity contribution in [2.75, 3.05) is 26.2 Å². The van der Waals surface area contributed by atoms with Crippen LogP contribution in [0.3, 0.4) is 0 Å². The van der Waals surface area contributed by atoms with Crippen LogP contribution in [-0.4, -0.2) is 31.3 Å². The standard InChI is InChI=1S/C12H15N3O3/c1-17-9-5-8-3-4-15(14-7-11(13)16)12(8)10(6-9)18-2/h3-6,14H,7H2,1-2H3,(H2,13,16). The molecule has 6 heteroatoms. The number of fused-ring (bicyclic) bond motifs is 1. The van der Waals surface area contributed by atoms with E-state index in [1.54, 1.807) is 31.2 Å². The van der Waals surface area contributed by atoms with Crippen molar-refractivity contribution in [3.63, 3.8) is 0 Å². The summed E-state index contributed by atoms with van der Waals surface area (Å²) in [6.07, 6.45) is 1.80. The lowest BCUT2D eigenvalue weighted by atomic mass is 10.2. The Morgan fingerprint density at radius 1 is 1.39 bits per heavy atom. The first kappa shape index (κ1) is 12.1. The number of nitrogens with two attached hydrogens (primary N) is 1. The van der Waals surface area contributed by atoms with Crippen LogP contribution < -0.4 is 20.6 Å². The number of hydrogen-bond acceptors (Lipinski definition) is 4. The molecule has 2 aromatic rings. The van der Waals surface area contributed by atoms with Crippen LogP contribution in [0.2, 0.25) is 0 Å². The van der Waals surface area contributed by atoms with Crippen molar-refractivity contribution in [3.8, 4) is 11.5 Å². The molecule has 1 heterocycles. The minimum absolute atomic E-state index is 0.0545. The number of nitrogens with zero attached hydrogens (tertiary/aromatic N) is 1. The van der Waals surface area contributed by atoms with E-state index in [9.17, 15) is 4.79 Å². The lowest BCUT2D eigenvalue weighted by Crippen LogP contribution is -2.27. The summed E-state index contributed by atoms with van der Waals surface area (Å²) in [5.74, 6) is 0.947. The number of aromatic nitrogens is 1. The fourth-order valence-electron chi connectivity index (χ4n) is 1.79. The number of amides is 1. The van der Waals surface area contributed by atoms with E-state index in [1.807, 2.05) is 12.1 Å². The van der Waals surface area contributed by atoms with E-state index in [-0.39, 0.29) is 6.54 Å². The van der Waals surface area contributed by atoms with E-state index in [0.717, 1.165) is 10.9 Å². The zero-order chi connectivity index (χ0) is 13.1. The van der Waals surface area contributed by atoms with Crippen molar-refractivity contribution < 1.29 is 14.3 Å². The maximum absolute atomic E-state index is 10.8. The highest BCUT2D eigenvalue weighted by Crippen LogP contribution is 2.31. The fourth-order valence-corrected chi connectivity index (χ4v) is 1.79. The van der Waals surface area contributed by atoms with Crippen LogP contribution in [0.4, 0.5) is 0 Å². The van der Waals surface area contributed by atoms with Crippen molar-refractivity contribution in [2.45, 2.75) is 0 Å². The molecule has 1 aromatic heterocycles. The van der Waals surface area contributed by atoms with Crippen LogP contribution >= 0.6 is 0 Å². The molecule has 0 spiro atoms. The molecule has 1 amide bonds. The van der Waals surface area contributed by atoms with Gasteiger partial charge in [0.2, 0.25) is 5.91 Å². The third-order valence-electron chi connectivity index (χ3n) is 2.60. The molecular weight excluding hydrogens is 234 g/mol. The molecule has 0 aliphatic rings. The molecule has 0 aliphatic heterocycles. The van der Waals surface area contributed by atoms with Gasteiger partial charge >= 0.3 is 0 Å². The van der Waals surface area contributed by atoms with E-state index < -0.39 is 5.91 Å². The normalized spacial score (nSPS) is 10.3. The van der Waals surface area contributed by atoms with Gasteiger partial charge in [-0.15, -0.1) is 0 Å². The quantitative estimate of drug-likeness (QED) is 0.817. The van der Waals surface area contributed by atoms with Gasteiger partial charge in [-0.3, -0.25) is 9.47 Å². The Balaban J connectivity index is 2.46. The maximum atomic E-state index is 10.8. The van der Waals surface area contributed by atoms with Crippen LogP contribution in [0, 0.1) is 0 Å². The topological polar surface area (TPSA) is 78.5 Å². The molecule has 0 aliphatic carbocycles. The molecule has 2 rings (SSSR count). The zero-order valence-electron chi connectivity index (χ0n) is 10.3. The summed E-state index contributed by atoms with van der Waals surface area (Å²) in [5, 5.41) is 0.947. The number of carbonyl (C=O) groups is 1. The number of primary amides is 1. The average Bonchev–Trinajstić information content (AvgIpc) is 2.78. The Morgan fingerprint density at radius 3 is 2.78 bits per heavy atom. The molecule has 0 radical (unpaired) electrons. The Kier molecular flexibility index (Phi) is 3.27. The number of carbonyl (C=O) groups excluding carboxylic acids is 1. The third kappa shape index (κ3) is 2.17. The van der Waals surface area contributed by atoms with Crippen molar-refractivity contribution in [2.24, 2.45) is 5.73 Å². The van der Waals surface area contributed by atoms with Crippen molar-refractivity contribution in [1.29, 1.82) is 0 Å². The van der Waals surface area contributed by atoms with Crippen LogP contribution in [0.5, 0.6) is 11.5 Å². The number of benzene rings is 1. The van der Waals surface area contributed by atoms with Gasteiger partial charge in [-0.05, 0) is 12.1 Å². The molecule has 0 saturated carbocycles. The molecule has 0 unspecified atom stereocenters. The van der Waals surface area contributed by atoms with E-state index in [0.29, 0.717) is 11.5 Å². The average molecular weight is 249 g/mol. The zero-order valence-corrected chi connectivity index (χ0v) is 10.3. The Morgan fingerprint density at radius 2 is 2.17 bits per heavy atom. The summed E-state index contributed by atoms with van der Waals surface area (Å²) in [5.41, 5.74) is 8.84.